The summed E-state index contributed by atoms with van der Waals surface area (Å²) in [4.78, 5) is 0. The Morgan fingerprint density at radius 2 is 1.84 bits per heavy atom. The van der Waals surface area contributed by atoms with Crippen molar-refractivity contribution in [3.8, 4) is 0 Å². The van der Waals surface area contributed by atoms with E-state index in [4.69, 9.17) is 5.73 Å². The van der Waals surface area contributed by atoms with Crippen LogP contribution in [0.3, 0.4) is 0 Å². The fourth-order valence-corrected chi connectivity index (χ4v) is 2.86. The van der Waals surface area contributed by atoms with Crippen LogP contribution in [0.15, 0.2) is 30.3 Å². The second kappa shape index (κ2) is 6.21. The van der Waals surface area contributed by atoms with E-state index in [1.807, 2.05) is 0 Å². The Morgan fingerprint density at radius 1 is 1.11 bits per heavy atom. The molecule has 0 fully saturated rings. The smallest absolute Gasteiger partial charge is 0.0303 e. The van der Waals surface area contributed by atoms with Gasteiger partial charge in [-0.25, -0.2) is 0 Å². The van der Waals surface area contributed by atoms with Crippen LogP contribution in [0, 0.1) is 13.8 Å². The van der Waals surface area contributed by atoms with Crippen molar-refractivity contribution >= 4 is 10.8 Å². The van der Waals surface area contributed by atoms with Gasteiger partial charge in [0.25, 0.3) is 0 Å². The van der Waals surface area contributed by atoms with Crippen molar-refractivity contribution in [2.75, 3.05) is 0 Å². The molecule has 0 amide bonds. The molecule has 0 bridgehead atoms. The summed E-state index contributed by atoms with van der Waals surface area (Å²) < 4.78 is 0. The molecule has 2 aromatic carbocycles. The molecule has 1 atom stereocenters. The van der Waals surface area contributed by atoms with E-state index in [1.54, 1.807) is 0 Å². The largest absolute Gasteiger partial charge is 0.324 e. The highest BCUT2D eigenvalue weighted by molar-refractivity contribution is 5.88. The fraction of sp³-hybridized carbons (Fsp3) is 0.444. The molecule has 0 spiro atoms. The molecule has 19 heavy (non-hydrogen) atoms. The van der Waals surface area contributed by atoms with Crippen molar-refractivity contribution in [2.45, 2.75) is 52.5 Å². The van der Waals surface area contributed by atoms with E-state index in [0.29, 0.717) is 0 Å². The third-order valence-corrected chi connectivity index (χ3v) is 4.11. The average Bonchev–Trinajstić information content (AvgIpc) is 2.40. The van der Waals surface area contributed by atoms with E-state index >= 15 is 0 Å². The number of nitrogens with two attached hydrogens (primary N) is 1. The summed E-state index contributed by atoms with van der Waals surface area (Å²) in [6.07, 6.45) is 4.83. The highest BCUT2D eigenvalue weighted by atomic mass is 14.6. The molecule has 0 radical (unpaired) electrons. The van der Waals surface area contributed by atoms with Gasteiger partial charge in [0.05, 0.1) is 0 Å². The van der Waals surface area contributed by atoms with Gasteiger partial charge in [0, 0.05) is 6.04 Å². The maximum Gasteiger partial charge on any atom is 0.0303 e. The number of rotatable bonds is 5. The van der Waals surface area contributed by atoms with Crippen molar-refractivity contribution in [1.82, 2.24) is 0 Å². The summed E-state index contributed by atoms with van der Waals surface area (Å²) in [5.74, 6) is 0. The third kappa shape index (κ3) is 2.98. The molecule has 0 saturated carbocycles. The zero-order chi connectivity index (χ0) is 13.8. The number of benzene rings is 2. The van der Waals surface area contributed by atoms with Gasteiger partial charge in [-0.15, -0.1) is 0 Å². The lowest BCUT2D eigenvalue weighted by Crippen LogP contribution is -2.13. The first-order chi connectivity index (χ1) is 9.15. The van der Waals surface area contributed by atoms with Gasteiger partial charge in [-0.2, -0.15) is 0 Å². The Kier molecular flexibility index (Phi) is 4.60. The van der Waals surface area contributed by atoms with Crippen LogP contribution in [0.25, 0.3) is 10.8 Å². The predicted molar refractivity (Wildman–Crippen MR) is 84.5 cm³/mol. The molecule has 1 heteroatoms. The molecule has 0 saturated heterocycles. The maximum atomic E-state index is 6.47. The lowest BCUT2D eigenvalue weighted by Gasteiger charge is -2.19. The minimum Gasteiger partial charge on any atom is -0.324 e. The molecule has 0 aromatic heterocycles. The second-order valence-corrected chi connectivity index (χ2v) is 5.56. The van der Waals surface area contributed by atoms with Crippen molar-refractivity contribution in [1.29, 1.82) is 0 Å². The molecule has 2 aromatic rings. The Morgan fingerprint density at radius 3 is 2.58 bits per heavy atom. The molecule has 2 N–H and O–H groups in total. The number of hydrogen-bond acceptors (Lipinski definition) is 1. The van der Waals surface area contributed by atoms with E-state index in [-0.39, 0.29) is 6.04 Å². The summed E-state index contributed by atoms with van der Waals surface area (Å²) in [6, 6.07) is 11.0. The Balaban J connectivity index is 2.42. The molecule has 1 nitrogen and oxygen atoms in total. The maximum absolute atomic E-state index is 6.47. The number of aryl methyl sites for hydroxylation is 1. The molecule has 2 rings (SSSR count). The lowest BCUT2D eigenvalue weighted by molar-refractivity contribution is 0.582. The van der Waals surface area contributed by atoms with Crippen LogP contribution in [0.5, 0.6) is 0 Å². The minimum absolute atomic E-state index is 0.163. The highest BCUT2D eigenvalue weighted by Crippen LogP contribution is 2.31. The first kappa shape index (κ1) is 14.1. The van der Waals surface area contributed by atoms with Crippen molar-refractivity contribution < 1.29 is 0 Å². The predicted octanol–water partition coefficient (Wildman–Crippen LogP) is 5.04. The van der Waals surface area contributed by atoms with Crippen LogP contribution in [0.2, 0.25) is 0 Å². The van der Waals surface area contributed by atoms with Crippen LogP contribution in [0.4, 0.5) is 0 Å². The summed E-state index contributed by atoms with van der Waals surface area (Å²) in [7, 11) is 0. The number of unbranched alkanes of at least 4 members (excludes halogenated alkanes) is 2. The molecular weight excluding hydrogens is 230 g/mol. The number of fused-ring (bicyclic) bond motifs is 1. The Bertz CT molecular complexity index is 557. The van der Waals surface area contributed by atoms with Gasteiger partial charge >= 0.3 is 0 Å². The van der Waals surface area contributed by atoms with Crippen LogP contribution in [-0.4, -0.2) is 0 Å². The standard InChI is InChI=1S/C18H25N/c1-4-5-6-11-17(19)18-14(3)13(2)12-15-9-7-8-10-16(15)18/h7-10,12,17H,4-6,11,19H2,1-3H3. The van der Waals surface area contributed by atoms with Gasteiger partial charge in [0.1, 0.15) is 0 Å². The minimum atomic E-state index is 0.163. The molecule has 0 aliphatic rings. The van der Waals surface area contributed by atoms with Gasteiger partial charge in [-0.05, 0) is 47.7 Å². The van der Waals surface area contributed by atoms with Gasteiger partial charge in [0.15, 0.2) is 0 Å². The van der Waals surface area contributed by atoms with E-state index in [2.05, 4.69) is 51.1 Å². The van der Waals surface area contributed by atoms with Crippen molar-refractivity contribution in [2.24, 2.45) is 5.73 Å². The lowest BCUT2D eigenvalue weighted by atomic mass is 9.89. The quantitative estimate of drug-likeness (QED) is 0.744. The second-order valence-electron chi connectivity index (χ2n) is 5.56. The number of hydrogen-bond donors (Lipinski definition) is 1. The van der Waals surface area contributed by atoms with Crippen LogP contribution >= 0.6 is 0 Å². The molecule has 0 aliphatic carbocycles. The van der Waals surface area contributed by atoms with Gasteiger partial charge in [0.2, 0.25) is 0 Å². The first-order valence-corrected chi connectivity index (χ1v) is 7.39. The summed E-state index contributed by atoms with van der Waals surface area (Å²) in [5, 5.41) is 2.64. The zero-order valence-corrected chi connectivity index (χ0v) is 12.4. The van der Waals surface area contributed by atoms with Gasteiger partial charge < -0.3 is 5.73 Å². The first-order valence-electron chi connectivity index (χ1n) is 7.39. The van der Waals surface area contributed by atoms with Gasteiger partial charge in [-0.1, -0.05) is 56.5 Å². The molecule has 0 aliphatic heterocycles. The summed E-state index contributed by atoms with van der Waals surface area (Å²) >= 11 is 0. The highest BCUT2D eigenvalue weighted by Gasteiger charge is 2.14. The van der Waals surface area contributed by atoms with Crippen molar-refractivity contribution in [3.05, 3.63) is 47.0 Å². The summed E-state index contributed by atoms with van der Waals surface area (Å²) in [6.45, 7) is 6.62. The molecule has 102 valence electrons. The van der Waals surface area contributed by atoms with E-state index in [9.17, 15) is 0 Å². The fourth-order valence-electron chi connectivity index (χ4n) is 2.86. The van der Waals surface area contributed by atoms with E-state index in [1.165, 1.54) is 46.7 Å². The molecule has 0 heterocycles. The normalized spacial score (nSPS) is 12.8. The zero-order valence-electron chi connectivity index (χ0n) is 12.4. The Hall–Kier alpha value is -1.34. The van der Waals surface area contributed by atoms with Crippen LogP contribution < -0.4 is 5.73 Å². The van der Waals surface area contributed by atoms with E-state index in [0.717, 1.165) is 6.42 Å². The monoisotopic (exact) mass is 255 g/mol. The van der Waals surface area contributed by atoms with Crippen LogP contribution in [0.1, 0.15) is 55.3 Å². The van der Waals surface area contributed by atoms with Gasteiger partial charge in [-0.3, -0.25) is 0 Å². The van der Waals surface area contributed by atoms with Crippen LogP contribution in [-0.2, 0) is 0 Å². The molecular formula is C18H25N. The Labute approximate surface area is 116 Å². The topological polar surface area (TPSA) is 26.0 Å². The summed E-state index contributed by atoms with van der Waals surface area (Å²) in [5.41, 5.74) is 10.5. The molecule has 1 unspecified atom stereocenters. The third-order valence-electron chi connectivity index (χ3n) is 4.11. The van der Waals surface area contributed by atoms with E-state index < -0.39 is 0 Å². The average molecular weight is 255 g/mol. The van der Waals surface area contributed by atoms with Crippen molar-refractivity contribution in [3.63, 3.8) is 0 Å². The SMILES string of the molecule is CCCCCC(N)c1c(C)c(C)cc2ccccc12.